The van der Waals surface area contributed by atoms with E-state index in [0.29, 0.717) is 73.3 Å². The first-order valence-corrected chi connectivity index (χ1v) is 14.0. The Balaban J connectivity index is 1.48. The second kappa shape index (κ2) is 12.8. The van der Waals surface area contributed by atoms with Crippen molar-refractivity contribution in [1.82, 2.24) is 30.1 Å². The van der Waals surface area contributed by atoms with Gasteiger partial charge in [0, 0.05) is 26.2 Å². The van der Waals surface area contributed by atoms with Gasteiger partial charge in [0.2, 0.25) is 11.8 Å². The maximum Gasteiger partial charge on any atom is 0.263 e. The summed E-state index contributed by atoms with van der Waals surface area (Å²) in [6, 6.07) is 14.9. The molecule has 0 spiro atoms. The number of carbonyl (C=O) groups excluding carboxylic acids is 1. The third-order valence-corrected chi connectivity index (χ3v) is 7.41. The van der Waals surface area contributed by atoms with Gasteiger partial charge in [-0.15, -0.1) is 0 Å². The van der Waals surface area contributed by atoms with E-state index in [1.807, 2.05) is 42.2 Å². The van der Waals surface area contributed by atoms with Gasteiger partial charge in [-0.05, 0) is 54.0 Å². The fourth-order valence-corrected chi connectivity index (χ4v) is 5.28. The van der Waals surface area contributed by atoms with Crippen LogP contribution in [0, 0.1) is 0 Å². The average Bonchev–Trinajstić information content (AvgIpc) is 3.37. The van der Waals surface area contributed by atoms with Crippen LogP contribution < -0.4 is 14.4 Å². The molecule has 4 aromatic rings. The summed E-state index contributed by atoms with van der Waals surface area (Å²) < 4.78 is 12.9. The van der Waals surface area contributed by atoms with Gasteiger partial charge in [-0.1, -0.05) is 42.7 Å². The quantitative estimate of drug-likeness (QED) is 0.304. The number of rotatable bonds is 9. The van der Waals surface area contributed by atoms with Crippen molar-refractivity contribution in [2.75, 3.05) is 45.3 Å². The van der Waals surface area contributed by atoms with Gasteiger partial charge in [0.1, 0.15) is 22.8 Å². The zero-order valence-corrected chi connectivity index (χ0v) is 24.0. The maximum absolute atomic E-state index is 13.9. The Morgan fingerprint density at radius 1 is 0.929 bits per heavy atom. The van der Waals surface area contributed by atoms with Crippen molar-refractivity contribution in [3.63, 3.8) is 0 Å². The van der Waals surface area contributed by atoms with E-state index in [-0.39, 0.29) is 11.3 Å². The fourth-order valence-electron chi connectivity index (χ4n) is 5.28. The summed E-state index contributed by atoms with van der Waals surface area (Å²) in [4.78, 5) is 22.0. The molecule has 5 rings (SSSR count). The van der Waals surface area contributed by atoms with Crippen molar-refractivity contribution in [1.29, 1.82) is 0 Å². The van der Waals surface area contributed by atoms with Crippen molar-refractivity contribution in [2.24, 2.45) is 0 Å². The van der Waals surface area contributed by atoms with Gasteiger partial charge in [0.05, 0.1) is 36.7 Å². The van der Waals surface area contributed by atoms with Crippen LogP contribution in [0.15, 0.2) is 48.5 Å². The molecule has 0 aliphatic carbocycles. The number of nitrogens with zero attached hydrogens (tertiary/aromatic N) is 7. The molecule has 1 aliphatic rings. The SMILES string of the molecule is CCCCc1nc(O)c(C(=O)N2CCCN(c3nnnn3-c3ccccc3)CC2)c(O)c1-c1c(OC)cccc1OC. The van der Waals surface area contributed by atoms with Crippen LogP contribution in [0.2, 0.25) is 0 Å². The third kappa shape index (κ3) is 5.52. The molecule has 2 N–H and O–H groups in total. The molecule has 12 nitrogen and oxygen atoms in total. The molecule has 0 atom stereocenters. The van der Waals surface area contributed by atoms with Gasteiger partial charge in [-0.3, -0.25) is 4.79 Å². The maximum atomic E-state index is 13.9. The molecule has 1 saturated heterocycles. The van der Waals surface area contributed by atoms with E-state index in [0.717, 1.165) is 18.5 Å². The first-order chi connectivity index (χ1) is 20.5. The van der Waals surface area contributed by atoms with Gasteiger partial charge in [0.15, 0.2) is 0 Å². The standard InChI is InChI=1S/C30H35N7O5/c1-4-5-13-21-24(25-22(41-2)14-9-15-23(25)42-3)27(38)26(28(39)31-21)29(40)35-16-10-17-36(19-18-35)30-32-33-34-37(30)20-11-7-6-8-12-20/h6-9,11-12,14-15H,4-5,10,13,16-19H2,1-3H3,(H2,31,38,39). The molecule has 2 aromatic heterocycles. The number of hydrogen-bond acceptors (Lipinski definition) is 10. The summed E-state index contributed by atoms with van der Waals surface area (Å²) in [7, 11) is 3.05. The molecule has 42 heavy (non-hydrogen) atoms. The van der Waals surface area contributed by atoms with Crippen LogP contribution >= 0.6 is 0 Å². The number of para-hydroxylation sites is 1. The van der Waals surface area contributed by atoms with Crippen LogP contribution in [0.25, 0.3) is 16.8 Å². The summed E-state index contributed by atoms with van der Waals surface area (Å²) in [5.41, 5.74) is 1.83. The Labute approximate surface area is 244 Å². The number of carbonyl (C=O) groups is 1. The van der Waals surface area contributed by atoms with Gasteiger partial charge in [-0.2, -0.15) is 4.68 Å². The predicted molar refractivity (Wildman–Crippen MR) is 157 cm³/mol. The van der Waals surface area contributed by atoms with E-state index in [4.69, 9.17) is 9.47 Å². The highest BCUT2D eigenvalue weighted by Gasteiger charge is 2.32. The van der Waals surface area contributed by atoms with E-state index >= 15 is 0 Å². The van der Waals surface area contributed by atoms with Crippen LogP contribution in [-0.4, -0.2) is 86.6 Å². The molecule has 3 heterocycles. The lowest BCUT2D eigenvalue weighted by Crippen LogP contribution is -2.36. The van der Waals surface area contributed by atoms with Gasteiger partial charge < -0.3 is 29.5 Å². The minimum atomic E-state index is -0.515. The minimum absolute atomic E-state index is 0.249. The zero-order chi connectivity index (χ0) is 29.6. The average molecular weight is 574 g/mol. The van der Waals surface area contributed by atoms with E-state index in [1.165, 1.54) is 14.2 Å². The summed E-state index contributed by atoms with van der Waals surface area (Å²) in [6.07, 6.45) is 2.76. The van der Waals surface area contributed by atoms with Crippen LogP contribution in [0.4, 0.5) is 5.95 Å². The number of pyridine rings is 1. The number of tetrazole rings is 1. The van der Waals surface area contributed by atoms with E-state index in [2.05, 4.69) is 20.5 Å². The molecule has 0 unspecified atom stereocenters. The lowest BCUT2D eigenvalue weighted by Gasteiger charge is -2.24. The summed E-state index contributed by atoms with van der Waals surface area (Å²) in [6.45, 7) is 3.85. The Hall–Kier alpha value is -4.87. The smallest absolute Gasteiger partial charge is 0.263 e. The number of ether oxygens (including phenoxy) is 2. The van der Waals surface area contributed by atoms with E-state index in [9.17, 15) is 15.0 Å². The number of hydrogen-bond donors (Lipinski definition) is 2. The molecule has 1 aliphatic heterocycles. The molecule has 1 fully saturated rings. The lowest BCUT2D eigenvalue weighted by molar-refractivity contribution is 0.0760. The second-order valence-corrected chi connectivity index (χ2v) is 9.98. The number of aromatic nitrogens is 5. The van der Waals surface area contributed by atoms with Crippen molar-refractivity contribution in [3.05, 3.63) is 59.8 Å². The number of unbranched alkanes of at least 4 members (excludes halogenated alkanes) is 1. The Bertz CT molecular complexity index is 1520. The first kappa shape index (κ1) is 28.7. The number of aryl methyl sites for hydroxylation is 1. The molecule has 220 valence electrons. The number of aromatic hydroxyl groups is 2. The molecule has 0 radical (unpaired) electrons. The van der Waals surface area contributed by atoms with Crippen molar-refractivity contribution in [2.45, 2.75) is 32.6 Å². The third-order valence-electron chi connectivity index (χ3n) is 7.41. The van der Waals surface area contributed by atoms with Gasteiger partial charge in [0.25, 0.3) is 5.91 Å². The minimum Gasteiger partial charge on any atom is -0.506 e. The fraction of sp³-hybridized carbons (Fsp3) is 0.367. The van der Waals surface area contributed by atoms with Gasteiger partial charge >= 0.3 is 0 Å². The largest absolute Gasteiger partial charge is 0.506 e. The molecule has 12 heteroatoms. The molecular formula is C30H35N7O5. The summed E-state index contributed by atoms with van der Waals surface area (Å²) in [5.74, 6) is 0.114. The van der Waals surface area contributed by atoms with Gasteiger partial charge in [-0.25, -0.2) is 4.98 Å². The van der Waals surface area contributed by atoms with Crippen molar-refractivity contribution >= 4 is 11.9 Å². The lowest BCUT2D eigenvalue weighted by atomic mass is 9.95. The highest BCUT2D eigenvalue weighted by atomic mass is 16.5. The highest BCUT2D eigenvalue weighted by Crippen LogP contribution is 2.47. The van der Waals surface area contributed by atoms with E-state index in [1.54, 1.807) is 27.8 Å². The molecule has 0 saturated carbocycles. The van der Waals surface area contributed by atoms with E-state index < -0.39 is 11.8 Å². The number of amides is 1. The van der Waals surface area contributed by atoms with Crippen LogP contribution in [0.1, 0.15) is 42.2 Å². The Kier molecular flexibility index (Phi) is 8.70. The Morgan fingerprint density at radius 2 is 1.67 bits per heavy atom. The first-order valence-electron chi connectivity index (χ1n) is 14.0. The highest BCUT2D eigenvalue weighted by molar-refractivity contribution is 6.02. The van der Waals surface area contributed by atoms with Crippen molar-refractivity contribution < 1.29 is 24.5 Å². The number of methoxy groups -OCH3 is 2. The number of anilines is 1. The van der Waals surface area contributed by atoms with Crippen LogP contribution in [-0.2, 0) is 6.42 Å². The Morgan fingerprint density at radius 3 is 2.36 bits per heavy atom. The molecule has 2 aromatic carbocycles. The van der Waals surface area contributed by atoms with Crippen LogP contribution in [0.3, 0.4) is 0 Å². The predicted octanol–water partition coefficient (Wildman–Crippen LogP) is 3.85. The molecule has 0 bridgehead atoms. The molecular weight excluding hydrogens is 538 g/mol. The summed E-state index contributed by atoms with van der Waals surface area (Å²) >= 11 is 0. The summed E-state index contributed by atoms with van der Waals surface area (Å²) in [5, 5.41) is 35.0. The topological polar surface area (TPSA) is 139 Å². The normalized spacial score (nSPS) is 13.6. The zero-order valence-electron chi connectivity index (χ0n) is 24.0. The van der Waals surface area contributed by atoms with Crippen molar-refractivity contribution in [3.8, 4) is 39.9 Å². The second-order valence-electron chi connectivity index (χ2n) is 9.98. The molecule has 1 amide bonds. The number of benzene rings is 2. The monoisotopic (exact) mass is 573 g/mol. The van der Waals surface area contributed by atoms with Crippen LogP contribution in [0.5, 0.6) is 23.1 Å².